The fraction of sp³-hybridized carbons (Fsp3) is 0.412. The van der Waals surface area contributed by atoms with Crippen molar-refractivity contribution in [2.45, 2.75) is 13.0 Å². The number of aryl methyl sites for hydroxylation is 2. The van der Waals surface area contributed by atoms with Crippen molar-refractivity contribution in [1.82, 2.24) is 19.8 Å². The molecule has 0 saturated carbocycles. The van der Waals surface area contributed by atoms with Gasteiger partial charge in [-0.1, -0.05) is 6.07 Å². The topological polar surface area (TPSA) is 62.2 Å². The Bertz CT molecular complexity index is 736. The number of hydrogen-bond acceptors (Lipinski definition) is 4. The Kier molecular flexibility index (Phi) is 6.52. The number of rotatable bonds is 4. The van der Waals surface area contributed by atoms with Crippen LogP contribution in [0.5, 0.6) is 0 Å². The number of benzene rings is 1. The number of nitrogens with zero attached hydrogens (tertiary/aromatic N) is 3. The van der Waals surface area contributed by atoms with Gasteiger partial charge in [0, 0.05) is 44.8 Å². The quantitative estimate of drug-likeness (QED) is 0.866. The molecule has 1 aromatic carbocycles. The molecular weight excluding hydrogens is 345 g/mol. The molecule has 3 rings (SSSR count). The van der Waals surface area contributed by atoms with Gasteiger partial charge in [-0.2, -0.15) is 0 Å². The molecule has 8 heteroatoms. The first kappa shape index (κ1) is 19.4. The molecule has 1 unspecified atom stereocenters. The van der Waals surface area contributed by atoms with Crippen molar-refractivity contribution in [2.24, 2.45) is 7.05 Å². The number of carbonyl (C=O) groups is 1. The summed E-state index contributed by atoms with van der Waals surface area (Å²) in [7, 11) is 1.95. The molecule has 1 atom stereocenters. The summed E-state index contributed by atoms with van der Waals surface area (Å²) in [4.78, 5) is 18.9. The highest BCUT2D eigenvalue weighted by atomic mass is 35.5. The van der Waals surface area contributed by atoms with Gasteiger partial charge in [-0.15, -0.1) is 12.4 Å². The zero-order chi connectivity index (χ0) is 17.1. The lowest BCUT2D eigenvalue weighted by Crippen LogP contribution is -2.49. The molecule has 0 radical (unpaired) electrons. The smallest absolute Gasteiger partial charge is 0.238 e. The highest BCUT2D eigenvalue weighted by Crippen LogP contribution is 2.20. The lowest BCUT2D eigenvalue weighted by atomic mass is 10.1. The number of aromatic nitrogens is 2. The predicted octanol–water partition coefficient (Wildman–Crippen LogP) is 1.87. The Labute approximate surface area is 152 Å². The minimum Gasteiger partial charge on any atom is -0.337 e. The maximum absolute atomic E-state index is 13.6. The maximum Gasteiger partial charge on any atom is 0.238 e. The standard InChI is InChI=1S/C17H22FN5O.ClH/c1-12-3-4-13(9-14(12)18)21-16(24)11-23-8-5-19-10-15(23)17-20-6-7-22(17)2;/h3-4,6-7,9,15,19H,5,8,10-11H2,1-2H3,(H,21,24);1H. The number of nitrogens with one attached hydrogen (secondary N) is 2. The van der Waals surface area contributed by atoms with E-state index in [2.05, 4.69) is 20.5 Å². The third-order valence-corrected chi connectivity index (χ3v) is 4.31. The van der Waals surface area contributed by atoms with Gasteiger partial charge in [0.15, 0.2) is 0 Å². The summed E-state index contributed by atoms with van der Waals surface area (Å²) in [6.45, 7) is 4.27. The molecule has 2 heterocycles. The van der Waals surface area contributed by atoms with Crippen LogP contribution in [0.25, 0.3) is 0 Å². The predicted molar refractivity (Wildman–Crippen MR) is 97.4 cm³/mol. The molecule has 1 fully saturated rings. The average Bonchev–Trinajstić information content (AvgIpc) is 2.97. The van der Waals surface area contributed by atoms with Crippen LogP contribution in [0.4, 0.5) is 10.1 Å². The Morgan fingerprint density at radius 3 is 2.96 bits per heavy atom. The third-order valence-electron chi connectivity index (χ3n) is 4.31. The number of hydrogen-bond donors (Lipinski definition) is 2. The van der Waals surface area contributed by atoms with Gasteiger partial charge in [0.2, 0.25) is 5.91 Å². The van der Waals surface area contributed by atoms with E-state index in [1.54, 1.807) is 25.3 Å². The Hall–Kier alpha value is -1.96. The van der Waals surface area contributed by atoms with Crippen molar-refractivity contribution in [3.8, 4) is 0 Å². The van der Waals surface area contributed by atoms with E-state index in [1.165, 1.54) is 6.07 Å². The molecule has 136 valence electrons. The fourth-order valence-electron chi connectivity index (χ4n) is 2.94. The first-order valence-corrected chi connectivity index (χ1v) is 8.02. The van der Waals surface area contributed by atoms with Gasteiger partial charge in [0.05, 0.1) is 12.6 Å². The van der Waals surface area contributed by atoms with Crippen molar-refractivity contribution in [3.63, 3.8) is 0 Å². The van der Waals surface area contributed by atoms with Gasteiger partial charge < -0.3 is 15.2 Å². The lowest BCUT2D eigenvalue weighted by Gasteiger charge is -2.35. The molecule has 0 aliphatic carbocycles. The molecule has 1 aliphatic heterocycles. The number of imidazole rings is 1. The molecule has 1 aromatic heterocycles. The summed E-state index contributed by atoms with van der Waals surface area (Å²) in [5.74, 6) is 0.455. The third kappa shape index (κ3) is 4.56. The second-order valence-corrected chi connectivity index (χ2v) is 6.10. The molecule has 2 N–H and O–H groups in total. The number of amides is 1. The normalized spacial score (nSPS) is 17.8. The highest BCUT2D eigenvalue weighted by molar-refractivity contribution is 5.92. The van der Waals surface area contributed by atoms with Crippen LogP contribution in [0.2, 0.25) is 0 Å². The van der Waals surface area contributed by atoms with Crippen LogP contribution >= 0.6 is 12.4 Å². The maximum atomic E-state index is 13.6. The summed E-state index contributed by atoms with van der Waals surface area (Å²) in [5.41, 5.74) is 1.04. The van der Waals surface area contributed by atoms with Crippen molar-refractivity contribution >= 4 is 24.0 Å². The fourth-order valence-corrected chi connectivity index (χ4v) is 2.94. The number of halogens is 2. The average molecular weight is 368 g/mol. The molecule has 0 spiro atoms. The number of carbonyl (C=O) groups excluding carboxylic acids is 1. The van der Waals surface area contributed by atoms with Gasteiger partial charge >= 0.3 is 0 Å². The van der Waals surface area contributed by atoms with E-state index in [9.17, 15) is 9.18 Å². The molecule has 1 saturated heterocycles. The molecule has 1 amide bonds. The summed E-state index contributed by atoms with van der Waals surface area (Å²) >= 11 is 0. The largest absolute Gasteiger partial charge is 0.337 e. The van der Waals surface area contributed by atoms with Crippen molar-refractivity contribution in [3.05, 3.63) is 47.8 Å². The van der Waals surface area contributed by atoms with Crippen LogP contribution in [0.3, 0.4) is 0 Å². The summed E-state index contributed by atoms with van der Waals surface area (Å²) in [6, 6.07) is 4.76. The van der Waals surface area contributed by atoms with Gasteiger partial charge in [-0.25, -0.2) is 9.37 Å². The SMILES string of the molecule is Cc1ccc(NC(=O)CN2CCNCC2c2nccn2C)cc1F.Cl. The lowest BCUT2D eigenvalue weighted by molar-refractivity contribution is -0.118. The van der Waals surface area contributed by atoms with Crippen LogP contribution in [0.15, 0.2) is 30.6 Å². The van der Waals surface area contributed by atoms with Crippen LogP contribution in [0.1, 0.15) is 17.4 Å². The molecule has 6 nitrogen and oxygen atoms in total. The Morgan fingerprint density at radius 2 is 2.28 bits per heavy atom. The number of anilines is 1. The summed E-state index contributed by atoms with van der Waals surface area (Å²) in [5, 5.41) is 6.11. The zero-order valence-corrected chi connectivity index (χ0v) is 15.1. The highest BCUT2D eigenvalue weighted by Gasteiger charge is 2.28. The van der Waals surface area contributed by atoms with Crippen molar-refractivity contribution in [2.75, 3.05) is 31.5 Å². The van der Waals surface area contributed by atoms with E-state index in [0.29, 0.717) is 11.3 Å². The molecular formula is C17H23ClFN5O. The molecule has 2 aromatic rings. The Morgan fingerprint density at radius 1 is 1.48 bits per heavy atom. The zero-order valence-electron chi connectivity index (χ0n) is 14.3. The second kappa shape index (κ2) is 8.42. The van der Waals surface area contributed by atoms with Gasteiger partial charge in [-0.05, 0) is 24.6 Å². The second-order valence-electron chi connectivity index (χ2n) is 6.10. The summed E-state index contributed by atoms with van der Waals surface area (Å²) < 4.78 is 15.6. The first-order chi connectivity index (χ1) is 11.5. The number of piperazine rings is 1. The van der Waals surface area contributed by atoms with Gasteiger partial charge in [0.25, 0.3) is 0 Å². The van der Waals surface area contributed by atoms with E-state index in [4.69, 9.17) is 0 Å². The molecule has 0 bridgehead atoms. The van der Waals surface area contributed by atoms with Gasteiger partial charge in [-0.3, -0.25) is 9.69 Å². The Balaban J connectivity index is 0.00000225. The minimum atomic E-state index is -0.319. The van der Waals surface area contributed by atoms with Crippen molar-refractivity contribution in [1.29, 1.82) is 0 Å². The molecule has 25 heavy (non-hydrogen) atoms. The van der Waals surface area contributed by atoms with Crippen LogP contribution in [0, 0.1) is 12.7 Å². The van der Waals surface area contributed by atoms with Crippen LogP contribution in [-0.4, -0.2) is 46.5 Å². The first-order valence-electron chi connectivity index (χ1n) is 8.02. The molecule has 1 aliphatic rings. The van der Waals surface area contributed by atoms with Crippen molar-refractivity contribution < 1.29 is 9.18 Å². The van der Waals surface area contributed by atoms with Crippen LogP contribution < -0.4 is 10.6 Å². The van der Waals surface area contributed by atoms with Crippen LogP contribution in [-0.2, 0) is 11.8 Å². The van der Waals surface area contributed by atoms with E-state index in [1.807, 2.05) is 17.8 Å². The van der Waals surface area contributed by atoms with E-state index in [0.717, 1.165) is 25.5 Å². The summed E-state index contributed by atoms with van der Waals surface area (Å²) in [6.07, 6.45) is 3.66. The van der Waals surface area contributed by atoms with E-state index >= 15 is 0 Å². The van der Waals surface area contributed by atoms with E-state index in [-0.39, 0.29) is 36.7 Å². The minimum absolute atomic E-state index is 0. The van der Waals surface area contributed by atoms with Gasteiger partial charge in [0.1, 0.15) is 11.6 Å². The monoisotopic (exact) mass is 367 g/mol. The van der Waals surface area contributed by atoms with E-state index < -0.39 is 0 Å².